The van der Waals surface area contributed by atoms with Crippen molar-refractivity contribution < 1.29 is 9.15 Å². The fourth-order valence-electron chi connectivity index (χ4n) is 3.97. The average Bonchev–Trinajstić information content (AvgIpc) is 3.21. The van der Waals surface area contributed by atoms with Crippen molar-refractivity contribution >= 4 is 11.1 Å². The highest BCUT2D eigenvalue weighted by Gasteiger charge is 2.21. The largest absolute Gasteiger partial charge is 0.437 e. The number of morpholine rings is 1. The van der Waals surface area contributed by atoms with Crippen molar-refractivity contribution in [2.24, 2.45) is 0 Å². The van der Waals surface area contributed by atoms with Crippen LogP contribution in [0.1, 0.15) is 0 Å². The van der Waals surface area contributed by atoms with Crippen LogP contribution in [0.25, 0.3) is 33.6 Å². The molecule has 1 saturated heterocycles. The van der Waals surface area contributed by atoms with Gasteiger partial charge in [-0.05, 0) is 5.56 Å². The maximum absolute atomic E-state index is 8.94. The normalized spacial score (nSPS) is 14.9. The molecular weight excluding hydrogens is 376 g/mol. The van der Waals surface area contributed by atoms with Crippen LogP contribution in [0.5, 0.6) is 0 Å². The van der Waals surface area contributed by atoms with Crippen molar-refractivity contribution in [2.45, 2.75) is 6.54 Å². The monoisotopic (exact) mass is 400 g/mol. The Morgan fingerprint density at radius 1 is 0.867 bits per heavy atom. The summed E-state index contributed by atoms with van der Waals surface area (Å²) in [5.74, 6) is 0.753. The number of nitrogens with zero attached hydrogens (tertiary/aromatic N) is 3. The van der Waals surface area contributed by atoms with Gasteiger partial charge in [0.05, 0.1) is 18.6 Å². The van der Waals surface area contributed by atoms with E-state index in [-0.39, 0.29) is 0 Å². The van der Waals surface area contributed by atoms with Gasteiger partial charge in [-0.15, -0.1) is 0 Å². The summed E-state index contributed by atoms with van der Waals surface area (Å²) >= 11 is 0. The Balaban J connectivity index is 1.62. The molecule has 2 aromatic carbocycles. The number of ether oxygens (including phenoxy) is 1. The third kappa shape index (κ3) is 3.56. The number of benzene rings is 2. The fourth-order valence-corrected chi connectivity index (χ4v) is 3.97. The first-order valence-electron chi connectivity index (χ1n) is 10.3. The van der Waals surface area contributed by atoms with E-state index in [4.69, 9.17) is 14.6 Å². The third-order valence-electron chi connectivity index (χ3n) is 5.59. The molecule has 30 heavy (non-hydrogen) atoms. The molecule has 0 atom stereocenters. The van der Waals surface area contributed by atoms with E-state index >= 15 is 0 Å². The van der Waals surface area contributed by atoms with Crippen LogP contribution in [-0.2, 0) is 11.3 Å². The van der Waals surface area contributed by atoms with Crippen molar-refractivity contribution in [3.05, 3.63) is 72.5 Å². The molecule has 5 rings (SSSR count). The predicted octanol–water partition coefficient (Wildman–Crippen LogP) is 3.77. The smallest absolute Gasteiger partial charge is 0.232 e. The zero-order valence-corrected chi connectivity index (χ0v) is 16.8. The van der Waals surface area contributed by atoms with Crippen LogP contribution in [-0.4, -0.2) is 47.3 Å². The van der Waals surface area contributed by atoms with Crippen LogP contribution >= 0.6 is 0 Å². The molecule has 0 unspecified atom stereocenters. The van der Waals surface area contributed by atoms with Gasteiger partial charge in [0.15, 0.2) is 0 Å². The lowest BCUT2D eigenvalue weighted by Gasteiger charge is -2.26. The van der Waals surface area contributed by atoms with Crippen molar-refractivity contribution in [3.63, 3.8) is 0 Å². The van der Waals surface area contributed by atoms with Crippen LogP contribution in [0.4, 0.5) is 0 Å². The highest BCUT2D eigenvalue weighted by Crippen LogP contribution is 2.38. The van der Waals surface area contributed by atoms with Gasteiger partial charge in [0, 0.05) is 37.3 Å². The van der Waals surface area contributed by atoms with E-state index in [2.05, 4.69) is 22.0 Å². The van der Waals surface area contributed by atoms with Crippen LogP contribution in [0.2, 0.25) is 0 Å². The topological polar surface area (TPSA) is 67.3 Å². The minimum Gasteiger partial charge on any atom is -0.437 e. The molecular formula is C24H24N4O2. The van der Waals surface area contributed by atoms with Crippen LogP contribution < -0.4 is 5.49 Å². The molecule has 1 fully saturated rings. The predicted molar refractivity (Wildman–Crippen MR) is 116 cm³/mol. The lowest BCUT2D eigenvalue weighted by Crippen LogP contribution is -2.39. The molecule has 1 aliphatic heterocycles. The second-order valence-corrected chi connectivity index (χ2v) is 7.46. The Hall–Kier alpha value is -3.22. The summed E-state index contributed by atoms with van der Waals surface area (Å²) in [7, 11) is 0. The van der Waals surface area contributed by atoms with E-state index in [1.807, 2.05) is 53.1 Å². The summed E-state index contributed by atoms with van der Waals surface area (Å²) < 4.78 is 13.5. The molecule has 152 valence electrons. The van der Waals surface area contributed by atoms with Crippen LogP contribution in [0.15, 0.2) is 71.4 Å². The molecule has 2 aromatic heterocycles. The molecule has 0 amide bonds. The molecule has 0 aliphatic carbocycles. The molecule has 0 saturated carbocycles. The van der Waals surface area contributed by atoms with E-state index in [0.29, 0.717) is 17.7 Å². The van der Waals surface area contributed by atoms with Crippen molar-refractivity contribution in [1.82, 2.24) is 14.5 Å². The zero-order valence-electron chi connectivity index (χ0n) is 16.8. The molecule has 0 bridgehead atoms. The van der Waals surface area contributed by atoms with Gasteiger partial charge in [0.1, 0.15) is 17.6 Å². The molecule has 4 aromatic rings. The standard InChI is InChI=1S/C24H24N4O2/c25-23-21-20(18-7-3-1-4-8-18)22(19-9-5-2-6-10-19)30-24(21)26-17-28(23)12-11-27-13-15-29-16-14-27/h1-10,17,25H,11-16H2. The second kappa shape index (κ2) is 8.26. The third-order valence-corrected chi connectivity index (χ3v) is 5.59. The number of rotatable bonds is 5. The number of hydrogen-bond acceptors (Lipinski definition) is 5. The van der Waals surface area contributed by atoms with E-state index in [0.717, 1.165) is 60.7 Å². The van der Waals surface area contributed by atoms with Crippen LogP contribution in [0.3, 0.4) is 0 Å². The minimum absolute atomic E-state index is 0.429. The highest BCUT2D eigenvalue weighted by molar-refractivity contribution is 5.99. The number of furan rings is 1. The Morgan fingerprint density at radius 3 is 2.23 bits per heavy atom. The molecule has 1 N–H and O–H groups in total. The van der Waals surface area contributed by atoms with E-state index in [9.17, 15) is 0 Å². The quantitative estimate of drug-likeness (QED) is 0.554. The van der Waals surface area contributed by atoms with Crippen LogP contribution in [0, 0.1) is 5.41 Å². The summed E-state index contributed by atoms with van der Waals surface area (Å²) in [5.41, 5.74) is 3.86. The summed E-state index contributed by atoms with van der Waals surface area (Å²) in [4.78, 5) is 6.94. The van der Waals surface area contributed by atoms with E-state index < -0.39 is 0 Å². The number of fused-ring (bicyclic) bond motifs is 1. The Morgan fingerprint density at radius 2 is 1.53 bits per heavy atom. The summed E-state index contributed by atoms with van der Waals surface area (Å²) in [6.45, 7) is 5.00. The number of nitrogens with one attached hydrogen (secondary N) is 1. The Bertz CT molecular complexity index is 1190. The zero-order chi connectivity index (χ0) is 20.3. The van der Waals surface area contributed by atoms with E-state index in [1.165, 1.54) is 0 Å². The fraction of sp³-hybridized carbons (Fsp3) is 0.250. The average molecular weight is 400 g/mol. The van der Waals surface area contributed by atoms with Crippen molar-refractivity contribution in [2.75, 3.05) is 32.8 Å². The summed E-state index contributed by atoms with van der Waals surface area (Å²) in [5, 5.41) is 9.70. The van der Waals surface area contributed by atoms with Crippen molar-refractivity contribution in [3.8, 4) is 22.5 Å². The molecule has 0 spiro atoms. The maximum atomic E-state index is 8.94. The van der Waals surface area contributed by atoms with Gasteiger partial charge in [0.25, 0.3) is 0 Å². The Kier molecular flexibility index (Phi) is 5.17. The first-order valence-corrected chi connectivity index (χ1v) is 10.3. The summed E-state index contributed by atoms with van der Waals surface area (Å²) in [6, 6.07) is 20.2. The van der Waals surface area contributed by atoms with Gasteiger partial charge in [-0.3, -0.25) is 10.3 Å². The minimum atomic E-state index is 0.429. The van der Waals surface area contributed by atoms with Crippen molar-refractivity contribution in [1.29, 1.82) is 5.41 Å². The van der Waals surface area contributed by atoms with Gasteiger partial charge in [-0.25, -0.2) is 4.98 Å². The maximum Gasteiger partial charge on any atom is 0.232 e. The SMILES string of the molecule is N=c1c2c(-c3ccccc3)c(-c3ccccc3)oc2ncn1CCN1CCOCC1. The summed E-state index contributed by atoms with van der Waals surface area (Å²) in [6.07, 6.45) is 1.72. The Labute approximate surface area is 174 Å². The first-order chi connectivity index (χ1) is 14.8. The number of aromatic nitrogens is 2. The lowest BCUT2D eigenvalue weighted by molar-refractivity contribution is 0.0362. The molecule has 0 radical (unpaired) electrons. The first kappa shape index (κ1) is 18.8. The van der Waals surface area contributed by atoms with Gasteiger partial charge in [-0.1, -0.05) is 60.7 Å². The lowest BCUT2D eigenvalue weighted by atomic mass is 10.00. The van der Waals surface area contributed by atoms with Gasteiger partial charge >= 0.3 is 0 Å². The molecule has 6 heteroatoms. The molecule has 3 heterocycles. The number of hydrogen-bond donors (Lipinski definition) is 1. The van der Waals surface area contributed by atoms with Gasteiger partial charge < -0.3 is 13.7 Å². The van der Waals surface area contributed by atoms with E-state index in [1.54, 1.807) is 6.33 Å². The molecule has 1 aliphatic rings. The van der Waals surface area contributed by atoms with Gasteiger partial charge in [0.2, 0.25) is 5.71 Å². The highest BCUT2D eigenvalue weighted by atomic mass is 16.5. The second-order valence-electron chi connectivity index (χ2n) is 7.46. The molecule has 6 nitrogen and oxygen atoms in total. The van der Waals surface area contributed by atoms with Gasteiger partial charge in [-0.2, -0.15) is 0 Å².